The molecule has 0 fully saturated rings. The van der Waals surface area contributed by atoms with E-state index in [1.54, 1.807) is 17.7 Å². The van der Waals surface area contributed by atoms with Crippen molar-refractivity contribution in [2.24, 2.45) is 0 Å². The van der Waals surface area contributed by atoms with Crippen LogP contribution in [0.15, 0.2) is 29.0 Å². The van der Waals surface area contributed by atoms with Crippen LogP contribution in [0, 0.1) is 18.6 Å². The molecule has 1 aromatic carbocycles. The van der Waals surface area contributed by atoms with Gasteiger partial charge in [0.25, 0.3) is 0 Å². The Bertz CT molecular complexity index is 546. The van der Waals surface area contributed by atoms with Crippen LogP contribution in [-0.4, -0.2) is 5.78 Å². The van der Waals surface area contributed by atoms with Crippen molar-refractivity contribution in [2.45, 2.75) is 6.92 Å². The van der Waals surface area contributed by atoms with Gasteiger partial charge >= 0.3 is 0 Å². The fourth-order valence-electron chi connectivity index (χ4n) is 1.41. The van der Waals surface area contributed by atoms with Gasteiger partial charge in [-0.15, -0.1) is 0 Å². The summed E-state index contributed by atoms with van der Waals surface area (Å²) in [5.74, 6) is -1.79. The summed E-state index contributed by atoms with van der Waals surface area (Å²) in [6.07, 6.45) is 0. The lowest BCUT2D eigenvalue weighted by molar-refractivity contribution is 0.103. The van der Waals surface area contributed by atoms with Crippen molar-refractivity contribution < 1.29 is 13.6 Å². The molecule has 0 unspecified atom stereocenters. The summed E-state index contributed by atoms with van der Waals surface area (Å²) in [5, 5.41) is 3.44. The minimum Gasteiger partial charge on any atom is -0.288 e. The number of benzene rings is 1. The topological polar surface area (TPSA) is 17.1 Å². The Balaban J connectivity index is 2.49. The van der Waals surface area contributed by atoms with Crippen molar-refractivity contribution in [3.8, 4) is 0 Å². The highest BCUT2D eigenvalue weighted by Crippen LogP contribution is 2.20. The molecule has 1 aromatic heterocycles. The third-order valence-electron chi connectivity index (χ3n) is 2.27. The summed E-state index contributed by atoms with van der Waals surface area (Å²) >= 11 is 1.36. The maximum atomic E-state index is 13.4. The predicted octanol–water partition coefficient (Wildman–Crippen LogP) is 3.57. The van der Waals surface area contributed by atoms with Gasteiger partial charge in [-0.2, -0.15) is 11.3 Å². The van der Waals surface area contributed by atoms with Gasteiger partial charge in [0.1, 0.15) is 11.6 Å². The summed E-state index contributed by atoms with van der Waals surface area (Å²) in [4.78, 5) is 11.9. The van der Waals surface area contributed by atoms with Crippen LogP contribution in [-0.2, 0) is 0 Å². The van der Waals surface area contributed by atoms with E-state index in [2.05, 4.69) is 0 Å². The molecule has 4 heteroatoms. The third kappa shape index (κ3) is 1.88. The molecule has 2 aromatic rings. The molecule has 16 heavy (non-hydrogen) atoms. The highest BCUT2D eigenvalue weighted by atomic mass is 32.1. The molecule has 1 nitrogen and oxygen atoms in total. The van der Waals surface area contributed by atoms with Crippen LogP contribution < -0.4 is 0 Å². The van der Waals surface area contributed by atoms with Crippen LogP contribution in [0.1, 0.15) is 21.5 Å². The maximum absolute atomic E-state index is 13.4. The Morgan fingerprint density at radius 1 is 1.19 bits per heavy atom. The molecule has 1 heterocycles. The van der Waals surface area contributed by atoms with Gasteiger partial charge in [0.15, 0.2) is 5.78 Å². The van der Waals surface area contributed by atoms with Crippen molar-refractivity contribution in [3.63, 3.8) is 0 Å². The average molecular weight is 238 g/mol. The van der Waals surface area contributed by atoms with E-state index >= 15 is 0 Å². The Morgan fingerprint density at radius 3 is 2.56 bits per heavy atom. The van der Waals surface area contributed by atoms with Gasteiger partial charge in [0.05, 0.1) is 5.56 Å². The first-order valence-corrected chi connectivity index (χ1v) is 5.56. The van der Waals surface area contributed by atoms with Gasteiger partial charge in [0, 0.05) is 10.9 Å². The minimum absolute atomic E-state index is 0.221. The quantitative estimate of drug-likeness (QED) is 0.731. The SMILES string of the molecule is Cc1cscc1C(=O)c1cc(F)ccc1F. The smallest absolute Gasteiger partial charge is 0.197 e. The Labute approximate surface area is 95.4 Å². The third-order valence-corrected chi connectivity index (χ3v) is 3.13. The lowest BCUT2D eigenvalue weighted by Gasteiger charge is -2.02. The molecule has 0 atom stereocenters. The van der Waals surface area contributed by atoms with Crippen LogP contribution in [0.3, 0.4) is 0 Å². The van der Waals surface area contributed by atoms with Crippen molar-refractivity contribution in [3.05, 3.63) is 57.3 Å². The fourth-order valence-corrected chi connectivity index (χ4v) is 2.24. The molecule has 0 saturated heterocycles. The summed E-state index contributed by atoms with van der Waals surface area (Å²) in [6, 6.07) is 2.88. The summed E-state index contributed by atoms with van der Waals surface area (Å²) in [6.45, 7) is 1.76. The number of aryl methyl sites for hydroxylation is 1. The summed E-state index contributed by atoms with van der Waals surface area (Å²) < 4.78 is 26.3. The zero-order valence-corrected chi connectivity index (χ0v) is 9.28. The molecule has 0 radical (unpaired) electrons. The largest absolute Gasteiger partial charge is 0.288 e. The van der Waals surface area contributed by atoms with Crippen LogP contribution >= 0.6 is 11.3 Å². The number of hydrogen-bond donors (Lipinski definition) is 0. The van der Waals surface area contributed by atoms with E-state index in [-0.39, 0.29) is 5.56 Å². The zero-order valence-electron chi connectivity index (χ0n) is 8.46. The van der Waals surface area contributed by atoms with Crippen LogP contribution in [0.4, 0.5) is 8.78 Å². The monoisotopic (exact) mass is 238 g/mol. The standard InChI is InChI=1S/C12H8F2OS/c1-7-5-16-6-10(7)12(15)9-4-8(13)2-3-11(9)14/h2-6H,1H3. The number of rotatable bonds is 2. The zero-order chi connectivity index (χ0) is 11.7. The van der Waals surface area contributed by atoms with E-state index in [0.717, 1.165) is 23.8 Å². The molecule has 2 rings (SSSR count). The molecule has 82 valence electrons. The van der Waals surface area contributed by atoms with Gasteiger partial charge in [-0.25, -0.2) is 8.78 Å². The Hall–Kier alpha value is -1.55. The Kier molecular flexibility index (Phi) is 2.83. The first-order valence-electron chi connectivity index (χ1n) is 4.62. The van der Waals surface area contributed by atoms with E-state index in [1.165, 1.54) is 11.3 Å². The molecular formula is C12H8F2OS. The summed E-state index contributed by atoms with van der Waals surface area (Å²) in [5.41, 5.74) is 0.981. The average Bonchev–Trinajstić information content (AvgIpc) is 2.67. The van der Waals surface area contributed by atoms with E-state index in [1.807, 2.05) is 0 Å². The number of carbonyl (C=O) groups excluding carboxylic acids is 1. The molecular weight excluding hydrogens is 230 g/mol. The van der Waals surface area contributed by atoms with Gasteiger partial charge in [-0.3, -0.25) is 4.79 Å². The van der Waals surface area contributed by atoms with Gasteiger partial charge in [-0.05, 0) is 36.1 Å². The second kappa shape index (κ2) is 4.14. The minimum atomic E-state index is -0.697. The van der Waals surface area contributed by atoms with E-state index in [0.29, 0.717) is 5.56 Å². The molecule has 0 N–H and O–H groups in total. The first-order chi connectivity index (χ1) is 7.59. The molecule has 0 spiro atoms. The summed E-state index contributed by atoms with van der Waals surface area (Å²) in [7, 11) is 0. The second-order valence-corrected chi connectivity index (χ2v) is 4.17. The fraction of sp³-hybridized carbons (Fsp3) is 0.0833. The van der Waals surface area contributed by atoms with Crippen molar-refractivity contribution in [1.29, 1.82) is 0 Å². The molecule has 0 saturated carbocycles. The first kappa shape index (κ1) is 11.0. The maximum Gasteiger partial charge on any atom is 0.197 e. The normalized spacial score (nSPS) is 10.4. The highest BCUT2D eigenvalue weighted by Gasteiger charge is 2.17. The van der Waals surface area contributed by atoms with Gasteiger partial charge in [-0.1, -0.05) is 0 Å². The number of thiophene rings is 1. The molecule has 0 amide bonds. The van der Waals surface area contributed by atoms with Crippen molar-refractivity contribution >= 4 is 17.1 Å². The number of ketones is 1. The van der Waals surface area contributed by atoms with Crippen LogP contribution in [0.5, 0.6) is 0 Å². The lowest BCUT2D eigenvalue weighted by atomic mass is 10.0. The van der Waals surface area contributed by atoms with E-state index in [9.17, 15) is 13.6 Å². The number of hydrogen-bond acceptors (Lipinski definition) is 2. The van der Waals surface area contributed by atoms with Crippen molar-refractivity contribution in [1.82, 2.24) is 0 Å². The van der Waals surface area contributed by atoms with Gasteiger partial charge in [0.2, 0.25) is 0 Å². The lowest BCUT2D eigenvalue weighted by Crippen LogP contribution is -2.05. The van der Waals surface area contributed by atoms with Gasteiger partial charge < -0.3 is 0 Å². The second-order valence-electron chi connectivity index (χ2n) is 3.42. The van der Waals surface area contributed by atoms with E-state index in [4.69, 9.17) is 0 Å². The molecule has 0 bridgehead atoms. The molecule has 0 aliphatic carbocycles. The number of halogens is 2. The van der Waals surface area contributed by atoms with E-state index < -0.39 is 17.4 Å². The van der Waals surface area contributed by atoms with Crippen LogP contribution in [0.25, 0.3) is 0 Å². The Morgan fingerprint density at radius 2 is 1.94 bits per heavy atom. The number of carbonyl (C=O) groups is 1. The molecule has 0 aliphatic rings. The highest BCUT2D eigenvalue weighted by molar-refractivity contribution is 7.08. The molecule has 0 aliphatic heterocycles. The van der Waals surface area contributed by atoms with Crippen molar-refractivity contribution in [2.75, 3.05) is 0 Å². The van der Waals surface area contributed by atoms with Crippen LogP contribution in [0.2, 0.25) is 0 Å². The predicted molar refractivity (Wildman–Crippen MR) is 58.8 cm³/mol.